The summed E-state index contributed by atoms with van der Waals surface area (Å²) in [6.45, 7) is 7.65. The van der Waals surface area contributed by atoms with Crippen molar-refractivity contribution in [3.63, 3.8) is 0 Å². The Morgan fingerprint density at radius 1 is 1.04 bits per heavy atom. The zero-order valence-electron chi connectivity index (χ0n) is 14.4. The number of anilines is 1. The van der Waals surface area contributed by atoms with E-state index in [1.807, 2.05) is 13.8 Å². The molecule has 7 nitrogen and oxygen atoms in total. The zero-order valence-corrected chi connectivity index (χ0v) is 14.4. The van der Waals surface area contributed by atoms with Crippen molar-refractivity contribution in [1.29, 1.82) is 0 Å². The number of rotatable bonds is 4. The number of carbonyl (C=O) groups is 2. The maximum atomic E-state index is 12.4. The van der Waals surface area contributed by atoms with Crippen LogP contribution >= 0.6 is 0 Å². The maximum absolute atomic E-state index is 12.4. The third kappa shape index (κ3) is 3.56. The zero-order chi connectivity index (χ0) is 17.2. The van der Waals surface area contributed by atoms with Gasteiger partial charge >= 0.3 is 0 Å². The highest BCUT2D eigenvalue weighted by Gasteiger charge is 2.40. The molecule has 0 bridgehead atoms. The molecule has 1 aromatic rings. The van der Waals surface area contributed by atoms with Crippen LogP contribution in [0.25, 0.3) is 0 Å². The number of hydrogen-bond acceptors (Lipinski definition) is 6. The van der Waals surface area contributed by atoms with Crippen LogP contribution in [0.4, 0.5) is 5.95 Å². The van der Waals surface area contributed by atoms with Gasteiger partial charge in [-0.1, -0.05) is 13.8 Å². The van der Waals surface area contributed by atoms with E-state index in [4.69, 9.17) is 0 Å². The molecule has 2 saturated heterocycles. The van der Waals surface area contributed by atoms with Gasteiger partial charge in [-0.25, -0.2) is 9.97 Å². The van der Waals surface area contributed by atoms with Crippen molar-refractivity contribution in [2.75, 3.05) is 37.7 Å². The molecule has 0 N–H and O–H groups in total. The molecule has 0 aliphatic carbocycles. The van der Waals surface area contributed by atoms with Gasteiger partial charge in [0.05, 0.1) is 6.67 Å². The van der Waals surface area contributed by atoms with Gasteiger partial charge < -0.3 is 4.90 Å². The lowest BCUT2D eigenvalue weighted by atomic mass is 9.77. The Kier molecular flexibility index (Phi) is 4.80. The fourth-order valence-corrected chi connectivity index (χ4v) is 3.27. The van der Waals surface area contributed by atoms with Crippen LogP contribution in [0.5, 0.6) is 0 Å². The summed E-state index contributed by atoms with van der Waals surface area (Å²) in [5.74, 6) is 0.662. The molecule has 24 heavy (non-hydrogen) atoms. The minimum atomic E-state index is -0.173. The molecule has 2 aliphatic rings. The molecule has 3 heterocycles. The van der Waals surface area contributed by atoms with Gasteiger partial charge in [-0.05, 0) is 17.9 Å². The molecule has 2 aliphatic heterocycles. The molecule has 0 spiro atoms. The van der Waals surface area contributed by atoms with Gasteiger partial charge in [-0.2, -0.15) is 0 Å². The number of imide groups is 1. The van der Waals surface area contributed by atoms with Gasteiger partial charge in [0.2, 0.25) is 17.8 Å². The fraction of sp³-hybridized carbons (Fsp3) is 0.647. The molecular formula is C17H25N5O2. The quantitative estimate of drug-likeness (QED) is 0.770. The van der Waals surface area contributed by atoms with E-state index in [1.165, 1.54) is 4.90 Å². The van der Waals surface area contributed by atoms with E-state index in [9.17, 15) is 9.59 Å². The summed E-state index contributed by atoms with van der Waals surface area (Å²) in [5, 5.41) is 0. The Balaban J connectivity index is 1.55. The summed E-state index contributed by atoms with van der Waals surface area (Å²) in [6, 6.07) is 1.80. The number of piperidine rings is 1. The molecule has 0 radical (unpaired) electrons. The Bertz CT molecular complexity index is 580. The molecule has 1 aromatic heterocycles. The molecule has 7 heteroatoms. The van der Waals surface area contributed by atoms with Crippen LogP contribution in [0.3, 0.4) is 0 Å². The number of carbonyl (C=O) groups excluding carboxylic acids is 2. The highest BCUT2D eigenvalue weighted by Crippen LogP contribution is 2.35. The number of hydrogen-bond donors (Lipinski definition) is 0. The monoisotopic (exact) mass is 331 g/mol. The minimum Gasteiger partial charge on any atom is -0.338 e. The summed E-state index contributed by atoms with van der Waals surface area (Å²) in [7, 11) is 0. The van der Waals surface area contributed by atoms with Crippen molar-refractivity contribution >= 4 is 17.8 Å². The number of piperazine rings is 1. The Morgan fingerprint density at radius 3 is 2.17 bits per heavy atom. The molecule has 3 rings (SSSR count). The van der Waals surface area contributed by atoms with E-state index >= 15 is 0 Å². The van der Waals surface area contributed by atoms with E-state index in [0.717, 1.165) is 38.5 Å². The van der Waals surface area contributed by atoms with Crippen LogP contribution < -0.4 is 4.90 Å². The number of nitrogens with zero attached hydrogens (tertiary/aromatic N) is 5. The van der Waals surface area contributed by atoms with Crippen molar-refractivity contribution in [2.24, 2.45) is 5.41 Å². The van der Waals surface area contributed by atoms with E-state index in [2.05, 4.69) is 19.8 Å². The van der Waals surface area contributed by atoms with Gasteiger partial charge in [0.25, 0.3) is 0 Å². The predicted octanol–water partition coefficient (Wildman–Crippen LogP) is 1.12. The highest BCUT2D eigenvalue weighted by atomic mass is 16.2. The third-order valence-corrected chi connectivity index (χ3v) is 5.16. The van der Waals surface area contributed by atoms with Crippen molar-refractivity contribution in [3.05, 3.63) is 18.5 Å². The van der Waals surface area contributed by atoms with Crippen LogP contribution in [0.1, 0.15) is 33.1 Å². The average Bonchev–Trinajstić information content (AvgIpc) is 2.59. The molecule has 0 aromatic carbocycles. The molecular weight excluding hydrogens is 306 g/mol. The summed E-state index contributed by atoms with van der Waals surface area (Å²) in [6.07, 6.45) is 5.27. The van der Waals surface area contributed by atoms with Crippen molar-refractivity contribution < 1.29 is 9.59 Å². The Hall–Kier alpha value is -2.02. The third-order valence-electron chi connectivity index (χ3n) is 5.16. The largest absolute Gasteiger partial charge is 0.338 e. The van der Waals surface area contributed by atoms with E-state index in [1.54, 1.807) is 18.5 Å². The first-order valence-corrected chi connectivity index (χ1v) is 8.58. The van der Waals surface area contributed by atoms with Crippen LogP contribution in [0.2, 0.25) is 0 Å². The first-order valence-electron chi connectivity index (χ1n) is 8.58. The second-order valence-corrected chi connectivity index (χ2v) is 7.03. The molecule has 2 amide bonds. The SMILES string of the molecule is CCC1(C)CC(=O)N(CN2CCN(c3ncccn3)CC2)C(=O)C1. The van der Waals surface area contributed by atoms with E-state index in [-0.39, 0.29) is 17.2 Å². The lowest BCUT2D eigenvalue weighted by molar-refractivity contribution is -0.155. The lowest BCUT2D eigenvalue weighted by Gasteiger charge is -2.41. The number of aromatic nitrogens is 2. The molecule has 130 valence electrons. The van der Waals surface area contributed by atoms with Crippen molar-refractivity contribution in [3.8, 4) is 0 Å². The smallest absolute Gasteiger partial charge is 0.230 e. The fourth-order valence-electron chi connectivity index (χ4n) is 3.27. The summed E-state index contributed by atoms with van der Waals surface area (Å²) >= 11 is 0. The van der Waals surface area contributed by atoms with Gasteiger partial charge in [-0.15, -0.1) is 0 Å². The Morgan fingerprint density at radius 2 is 1.62 bits per heavy atom. The van der Waals surface area contributed by atoms with Crippen molar-refractivity contribution in [1.82, 2.24) is 19.8 Å². The number of likely N-dealkylation sites (tertiary alicyclic amines) is 1. The standard InChI is InChI=1S/C17H25N5O2/c1-3-17(2)11-14(23)22(15(24)12-17)13-20-7-9-21(10-8-20)16-18-5-4-6-19-16/h4-6H,3,7-13H2,1-2H3. The molecule has 0 saturated carbocycles. The van der Waals surface area contributed by atoms with Crippen LogP contribution in [0, 0.1) is 5.41 Å². The van der Waals surface area contributed by atoms with Crippen LogP contribution in [-0.4, -0.2) is 64.4 Å². The van der Waals surface area contributed by atoms with E-state index in [0.29, 0.717) is 19.5 Å². The maximum Gasteiger partial charge on any atom is 0.230 e. The molecule has 2 fully saturated rings. The van der Waals surface area contributed by atoms with E-state index < -0.39 is 0 Å². The van der Waals surface area contributed by atoms with Crippen molar-refractivity contribution in [2.45, 2.75) is 33.1 Å². The molecule has 0 atom stereocenters. The second-order valence-electron chi connectivity index (χ2n) is 7.03. The second kappa shape index (κ2) is 6.84. The first-order chi connectivity index (χ1) is 11.5. The first kappa shape index (κ1) is 16.8. The molecule has 0 unspecified atom stereocenters. The highest BCUT2D eigenvalue weighted by molar-refractivity contribution is 5.98. The Labute approximate surface area is 142 Å². The van der Waals surface area contributed by atoms with Gasteiger partial charge in [0, 0.05) is 51.4 Å². The topological polar surface area (TPSA) is 69.6 Å². The van der Waals surface area contributed by atoms with Gasteiger partial charge in [0.1, 0.15) is 0 Å². The normalized spacial score (nSPS) is 22.1. The average molecular weight is 331 g/mol. The predicted molar refractivity (Wildman–Crippen MR) is 90.2 cm³/mol. The van der Waals surface area contributed by atoms with Crippen LogP contribution in [0.15, 0.2) is 18.5 Å². The van der Waals surface area contributed by atoms with Gasteiger partial charge in [0.15, 0.2) is 0 Å². The summed E-state index contributed by atoms with van der Waals surface area (Å²) in [5.41, 5.74) is -0.173. The number of amides is 2. The summed E-state index contributed by atoms with van der Waals surface area (Å²) < 4.78 is 0. The minimum absolute atomic E-state index is 0.0376. The van der Waals surface area contributed by atoms with Crippen LogP contribution in [-0.2, 0) is 9.59 Å². The summed E-state index contributed by atoms with van der Waals surface area (Å²) in [4.78, 5) is 39.0. The lowest BCUT2D eigenvalue weighted by Crippen LogP contribution is -2.55. The van der Waals surface area contributed by atoms with Gasteiger partial charge in [-0.3, -0.25) is 19.4 Å².